The molecular weight excluding hydrogens is 208 g/mol. The van der Waals surface area contributed by atoms with Gasteiger partial charge in [0.1, 0.15) is 0 Å². The van der Waals surface area contributed by atoms with E-state index in [1.807, 2.05) is 4.90 Å². The van der Waals surface area contributed by atoms with Crippen molar-refractivity contribution < 1.29 is 9.52 Å². The van der Waals surface area contributed by atoms with E-state index < -0.39 is 0 Å². The molecule has 0 spiro atoms. The number of aliphatic hydroxyl groups is 1. The van der Waals surface area contributed by atoms with E-state index in [1.165, 1.54) is 19.3 Å². The van der Waals surface area contributed by atoms with E-state index in [4.69, 9.17) is 15.3 Å². The maximum absolute atomic E-state index is 9.07. The molecule has 1 heterocycles. The summed E-state index contributed by atoms with van der Waals surface area (Å²) in [5.74, 6) is 0. The van der Waals surface area contributed by atoms with Crippen molar-refractivity contribution in [2.24, 2.45) is 0 Å². The molecule has 0 atom stereocenters. The van der Waals surface area contributed by atoms with Crippen LogP contribution in [0.2, 0.25) is 0 Å². The summed E-state index contributed by atoms with van der Waals surface area (Å²) in [7, 11) is 0. The summed E-state index contributed by atoms with van der Waals surface area (Å²) in [6, 6.07) is 0.896. The lowest BCUT2D eigenvalue weighted by Crippen LogP contribution is -2.39. The molecule has 6 nitrogen and oxygen atoms in total. The van der Waals surface area contributed by atoms with Gasteiger partial charge >= 0.3 is 12.0 Å². The van der Waals surface area contributed by atoms with E-state index >= 15 is 0 Å². The van der Waals surface area contributed by atoms with Crippen LogP contribution in [0.1, 0.15) is 32.1 Å². The van der Waals surface area contributed by atoms with Crippen LogP contribution in [0.4, 0.5) is 12.0 Å². The zero-order valence-corrected chi connectivity index (χ0v) is 9.30. The lowest BCUT2D eigenvalue weighted by molar-refractivity contribution is 0.284. The molecule has 1 saturated carbocycles. The Morgan fingerprint density at radius 3 is 2.62 bits per heavy atom. The highest BCUT2D eigenvalue weighted by Gasteiger charge is 2.24. The maximum atomic E-state index is 9.07. The van der Waals surface area contributed by atoms with Crippen LogP contribution >= 0.6 is 0 Å². The standard InChI is InChI=1S/C10H18N4O2/c11-9-12-13-10(16-9)14(6-7-15)8-4-2-1-3-5-8/h8,15H,1-7H2,(H2,11,12). The van der Waals surface area contributed by atoms with Gasteiger partial charge in [-0.2, -0.15) is 0 Å². The first-order valence-corrected chi connectivity index (χ1v) is 5.77. The Morgan fingerprint density at radius 1 is 1.31 bits per heavy atom. The lowest BCUT2D eigenvalue weighted by Gasteiger charge is -2.32. The summed E-state index contributed by atoms with van der Waals surface area (Å²) in [4.78, 5) is 1.97. The molecule has 2 rings (SSSR count). The third-order valence-corrected chi connectivity index (χ3v) is 3.03. The minimum atomic E-state index is 0.0775. The number of nitrogen functional groups attached to an aromatic ring is 1. The monoisotopic (exact) mass is 226 g/mol. The van der Waals surface area contributed by atoms with Crippen LogP contribution in [-0.2, 0) is 0 Å². The fraction of sp³-hybridized carbons (Fsp3) is 0.800. The zero-order chi connectivity index (χ0) is 11.4. The topological polar surface area (TPSA) is 88.4 Å². The fourth-order valence-electron chi connectivity index (χ4n) is 2.28. The zero-order valence-electron chi connectivity index (χ0n) is 9.30. The lowest BCUT2D eigenvalue weighted by atomic mass is 9.94. The Bertz CT molecular complexity index is 322. The average molecular weight is 226 g/mol. The van der Waals surface area contributed by atoms with E-state index in [0.29, 0.717) is 18.6 Å². The van der Waals surface area contributed by atoms with Crippen LogP contribution in [0.3, 0.4) is 0 Å². The molecule has 1 fully saturated rings. The quantitative estimate of drug-likeness (QED) is 0.788. The van der Waals surface area contributed by atoms with E-state index in [1.54, 1.807) is 0 Å². The van der Waals surface area contributed by atoms with Gasteiger partial charge in [-0.1, -0.05) is 29.5 Å². The van der Waals surface area contributed by atoms with Gasteiger partial charge in [-0.05, 0) is 12.8 Å². The van der Waals surface area contributed by atoms with Gasteiger partial charge in [0.25, 0.3) is 0 Å². The van der Waals surface area contributed by atoms with Crippen molar-refractivity contribution in [3.8, 4) is 0 Å². The van der Waals surface area contributed by atoms with Gasteiger partial charge in [0.2, 0.25) is 0 Å². The second kappa shape index (κ2) is 5.16. The molecule has 1 aromatic rings. The first-order valence-electron chi connectivity index (χ1n) is 5.77. The van der Waals surface area contributed by atoms with Crippen molar-refractivity contribution in [3.63, 3.8) is 0 Å². The largest absolute Gasteiger partial charge is 0.395 e. The Morgan fingerprint density at radius 2 is 2.06 bits per heavy atom. The molecule has 90 valence electrons. The summed E-state index contributed by atoms with van der Waals surface area (Å²) in [5, 5.41) is 16.6. The molecule has 0 bridgehead atoms. The molecule has 0 aromatic carbocycles. The number of nitrogens with two attached hydrogens (primary N) is 1. The maximum Gasteiger partial charge on any atom is 0.319 e. The molecule has 0 aliphatic heterocycles. The van der Waals surface area contributed by atoms with Gasteiger partial charge < -0.3 is 20.2 Å². The number of hydrogen-bond acceptors (Lipinski definition) is 6. The minimum absolute atomic E-state index is 0.0775. The molecule has 1 aromatic heterocycles. The third-order valence-electron chi connectivity index (χ3n) is 3.03. The number of rotatable bonds is 4. The molecule has 0 amide bonds. The van der Waals surface area contributed by atoms with E-state index in [-0.39, 0.29) is 12.6 Å². The van der Waals surface area contributed by atoms with Crippen molar-refractivity contribution >= 4 is 12.0 Å². The Labute approximate surface area is 94.4 Å². The molecule has 6 heteroatoms. The number of hydrogen-bond donors (Lipinski definition) is 2. The highest BCUT2D eigenvalue weighted by Crippen LogP contribution is 2.26. The van der Waals surface area contributed by atoms with Crippen molar-refractivity contribution in [3.05, 3.63) is 0 Å². The van der Waals surface area contributed by atoms with Crippen LogP contribution in [0.15, 0.2) is 4.42 Å². The van der Waals surface area contributed by atoms with Crippen LogP contribution in [0.5, 0.6) is 0 Å². The molecule has 1 aliphatic rings. The molecule has 0 radical (unpaired) electrons. The molecule has 0 saturated heterocycles. The predicted molar refractivity (Wildman–Crippen MR) is 60.0 cm³/mol. The second-order valence-electron chi connectivity index (χ2n) is 4.13. The van der Waals surface area contributed by atoms with E-state index in [9.17, 15) is 0 Å². The Hall–Kier alpha value is -1.30. The normalized spacial score (nSPS) is 17.6. The minimum Gasteiger partial charge on any atom is -0.395 e. The number of nitrogens with zero attached hydrogens (tertiary/aromatic N) is 3. The number of anilines is 2. The van der Waals surface area contributed by atoms with Gasteiger partial charge in [-0.3, -0.25) is 0 Å². The highest BCUT2D eigenvalue weighted by molar-refractivity contribution is 5.29. The van der Waals surface area contributed by atoms with Gasteiger partial charge in [0.15, 0.2) is 0 Å². The fourth-order valence-corrected chi connectivity index (χ4v) is 2.28. The first-order chi connectivity index (χ1) is 7.81. The highest BCUT2D eigenvalue weighted by atomic mass is 16.4. The van der Waals surface area contributed by atoms with E-state index in [0.717, 1.165) is 12.8 Å². The van der Waals surface area contributed by atoms with Crippen LogP contribution in [0, 0.1) is 0 Å². The summed E-state index contributed by atoms with van der Waals surface area (Å²) in [6.45, 7) is 0.602. The van der Waals surface area contributed by atoms with Crippen molar-refractivity contribution in [2.45, 2.75) is 38.1 Å². The van der Waals surface area contributed by atoms with Crippen LogP contribution in [0.25, 0.3) is 0 Å². The molecular formula is C10H18N4O2. The van der Waals surface area contributed by atoms with E-state index in [2.05, 4.69) is 10.2 Å². The second-order valence-corrected chi connectivity index (χ2v) is 4.13. The third kappa shape index (κ3) is 2.44. The van der Waals surface area contributed by atoms with Gasteiger partial charge in [0, 0.05) is 12.6 Å². The van der Waals surface area contributed by atoms with Crippen molar-refractivity contribution in [1.82, 2.24) is 10.2 Å². The average Bonchev–Trinajstić information content (AvgIpc) is 2.74. The molecule has 3 N–H and O–H groups in total. The molecule has 0 unspecified atom stereocenters. The summed E-state index contributed by atoms with van der Waals surface area (Å²) in [6.07, 6.45) is 5.95. The number of aromatic nitrogens is 2. The summed E-state index contributed by atoms with van der Waals surface area (Å²) in [5.41, 5.74) is 5.41. The van der Waals surface area contributed by atoms with Crippen LogP contribution < -0.4 is 10.6 Å². The van der Waals surface area contributed by atoms with Crippen molar-refractivity contribution in [2.75, 3.05) is 23.8 Å². The number of aliphatic hydroxyl groups excluding tert-OH is 1. The first kappa shape index (κ1) is 11.2. The molecule has 1 aliphatic carbocycles. The SMILES string of the molecule is Nc1nnc(N(CCO)C2CCCCC2)o1. The van der Waals surface area contributed by atoms with Crippen molar-refractivity contribution in [1.29, 1.82) is 0 Å². The smallest absolute Gasteiger partial charge is 0.319 e. The summed E-state index contributed by atoms with van der Waals surface area (Å²) >= 11 is 0. The van der Waals surface area contributed by atoms with Crippen LogP contribution in [-0.4, -0.2) is 34.5 Å². The predicted octanol–water partition coefficient (Wildman–Crippen LogP) is 0.783. The summed E-state index contributed by atoms with van der Waals surface area (Å²) < 4.78 is 5.22. The Kier molecular flexibility index (Phi) is 3.61. The van der Waals surface area contributed by atoms with Gasteiger partial charge in [0.05, 0.1) is 6.61 Å². The Balaban J connectivity index is 2.09. The van der Waals surface area contributed by atoms with Gasteiger partial charge in [-0.25, -0.2) is 0 Å². The molecule has 16 heavy (non-hydrogen) atoms. The van der Waals surface area contributed by atoms with Gasteiger partial charge in [-0.15, -0.1) is 0 Å².